The lowest BCUT2D eigenvalue weighted by atomic mass is 10.4. The molecule has 0 radical (unpaired) electrons. The molecule has 6 nitrogen and oxygen atoms in total. The van der Waals surface area contributed by atoms with Crippen LogP contribution in [0.1, 0.15) is 10.5 Å². The molecule has 0 amide bonds. The lowest BCUT2D eigenvalue weighted by molar-refractivity contribution is 0.0689. The summed E-state index contributed by atoms with van der Waals surface area (Å²) in [6.45, 7) is 0. The molecule has 2 heterocycles. The minimum Gasteiger partial charge on any atom is -0.476 e. The van der Waals surface area contributed by atoms with E-state index in [1.54, 1.807) is 18.5 Å². The molecular formula is C8H5IN4O2. The van der Waals surface area contributed by atoms with Crippen LogP contribution in [0, 0.1) is 3.57 Å². The normalized spacial score (nSPS) is 10.2. The van der Waals surface area contributed by atoms with Gasteiger partial charge in [0.05, 0.1) is 9.77 Å². The maximum absolute atomic E-state index is 10.5. The van der Waals surface area contributed by atoms with Crippen LogP contribution in [0.4, 0.5) is 0 Å². The van der Waals surface area contributed by atoms with Crippen LogP contribution in [0.2, 0.25) is 0 Å². The van der Waals surface area contributed by atoms with Gasteiger partial charge >= 0.3 is 5.97 Å². The summed E-state index contributed by atoms with van der Waals surface area (Å²) in [6, 6.07) is 2.94. The van der Waals surface area contributed by atoms with E-state index in [9.17, 15) is 4.79 Å². The monoisotopic (exact) mass is 316 g/mol. The van der Waals surface area contributed by atoms with Crippen molar-refractivity contribution < 1.29 is 9.90 Å². The fraction of sp³-hybridized carbons (Fsp3) is 0. The van der Waals surface area contributed by atoms with Crippen molar-refractivity contribution in [2.75, 3.05) is 0 Å². The average molecular weight is 316 g/mol. The number of hydrogen-bond acceptors (Lipinski definition) is 4. The Labute approximate surface area is 98.1 Å². The van der Waals surface area contributed by atoms with Gasteiger partial charge in [-0.05, 0) is 34.7 Å². The molecule has 0 aromatic carbocycles. The van der Waals surface area contributed by atoms with Crippen LogP contribution < -0.4 is 0 Å². The highest BCUT2D eigenvalue weighted by atomic mass is 127. The highest BCUT2D eigenvalue weighted by Gasteiger charge is 2.06. The second-order valence-corrected chi connectivity index (χ2v) is 3.93. The number of rotatable bonds is 2. The van der Waals surface area contributed by atoms with Crippen molar-refractivity contribution in [3.8, 4) is 5.82 Å². The van der Waals surface area contributed by atoms with E-state index in [2.05, 4.69) is 37.9 Å². The summed E-state index contributed by atoms with van der Waals surface area (Å²) in [7, 11) is 0. The molecule has 2 aromatic heterocycles. The third-order valence-corrected chi connectivity index (χ3v) is 2.21. The Balaban J connectivity index is 2.35. The van der Waals surface area contributed by atoms with Crippen molar-refractivity contribution >= 4 is 28.6 Å². The number of hydrogen-bond donors (Lipinski definition) is 1. The summed E-state index contributed by atoms with van der Waals surface area (Å²) >= 11 is 2.12. The fourth-order valence-corrected chi connectivity index (χ4v) is 1.38. The number of carbonyl (C=O) groups is 1. The van der Waals surface area contributed by atoms with Crippen LogP contribution in [0.3, 0.4) is 0 Å². The molecule has 0 saturated heterocycles. The zero-order valence-corrected chi connectivity index (χ0v) is 9.49. The van der Waals surface area contributed by atoms with E-state index in [-0.39, 0.29) is 5.69 Å². The molecule has 0 spiro atoms. The minimum atomic E-state index is -1.09. The van der Waals surface area contributed by atoms with Gasteiger partial charge in [-0.3, -0.25) is 0 Å². The first-order valence-electron chi connectivity index (χ1n) is 3.94. The Hall–Kier alpha value is -1.51. The number of nitrogens with zero attached hydrogens (tertiary/aromatic N) is 4. The Morgan fingerprint density at radius 3 is 2.67 bits per heavy atom. The second-order valence-electron chi connectivity index (χ2n) is 2.69. The molecule has 0 aliphatic rings. The summed E-state index contributed by atoms with van der Waals surface area (Å²) in [4.78, 5) is 10.5. The molecule has 0 bridgehead atoms. The molecule has 2 rings (SSSR count). The molecule has 2 aromatic rings. The zero-order valence-electron chi connectivity index (χ0n) is 7.33. The van der Waals surface area contributed by atoms with Gasteiger partial charge in [-0.2, -0.15) is 5.10 Å². The molecular weight excluding hydrogens is 311 g/mol. The maximum Gasteiger partial charge on any atom is 0.356 e. The number of carboxylic acids is 1. The largest absolute Gasteiger partial charge is 0.476 e. The van der Waals surface area contributed by atoms with E-state index < -0.39 is 5.97 Å². The zero-order chi connectivity index (χ0) is 10.8. The minimum absolute atomic E-state index is 0.0828. The lowest BCUT2D eigenvalue weighted by Crippen LogP contribution is -2.05. The summed E-state index contributed by atoms with van der Waals surface area (Å²) < 4.78 is 2.50. The maximum atomic E-state index is 10.5. The molecule has 0 atom stereocenters. The SMILES string of the molecule is O=C(O)c1ccc(-n2cc(I)cn2)nn1. The quantitative estimate of drug-likeness (QED) is 0.835. The summed E-state index contributed by atoms with van der Waals surface area (Å²) in [5.41, 5.74) is -0.0828. The third kappa shape index (κ3) is 2.12. The number of halogens is 1. The second kappa shape index (κ2) is 3.93. The molecule has 0 aliphatic carbocycles. The Bertz CT molecular complexity index is 494. The number of carboxylic acid groups (broad SMARTS) is 1. The predicted octanol–water partition coefficient (Wildman–Crippen LogP) is 0.965. The van der Waals surface area contributed by atoms with Gasteiger partial charge in [-0.1, -0.05) is 0 Å². The highest BCUT2D eigenvalue weighted by Crippen LogP contribution is 2.06. The summed E-state index contributed by atoms with van der Waals surface area (Å²) in [5, 5.41) is 19.9. The van der Waals surface area contributed by atoms with E-state index >= 15 is 0 Å². The Kier molecular flexibility index (Phi) is 2.62. The molecule has 1 N–H and O–H groups in total. The Morgan fingerprint density at radius 2 is 2.20 bits per heavy atom. The van der Waals surface area contributed by atoms with Crippen molar-refractivity contribution in [1.29, 1.82) is 0 Å². The predicted molar refractivity (Wildman–Crippen MR) is 58.8 cm³/mol. The van der Waals surface area contributed by atoms with Gasteiger partial charge in [0, 0.05) is 6.20 Å². The van der Waals surface area contributed by atoms with Crippen LogP contribution in [-0.4, -0.2) is 31.1 Å². The van der Waals surface area contributed by atoms with Crippen molar-refractivity contribution in [1.82, 2.24) is 20.0 Å². The molecule has 7 heteroatoms. The van der Waals surface area contributed by atoms with Gasteiger partial charge in [-0.25, -0.2) is 9.48 Å². The first-order chi connectivity index (χ1) is 7.16. The van der Waals surface area contributed by atoms with Gasteiger partial charge < -0.3 is 5.11 Å². The molecule has 76 valence electrons. The number of aromatic nitrogens is 4. The van der Waals surface area contributed by atoms with Crippen molar-refractivity contribution in [3.63, 3.8) is 0 Å². The van der Waals surface area contributed by atoms with Gasteiger partial charge in [-0.15, -0.1) is 10.2 Å². The van der Waals surface area contributed by atoms with Crippen LogP contribution >= 0.6 is 22.6 Å². The van der Waals surface area contributed by atoms with Crippen LogP contribution in [-0.2, 0) is 0 Å². The Morgan fingerprint density at radius 1 is 1.40 bits per heavy atom. The highest BCUT2D eigenvalue weighted by molar-refractivity contribution is 14.1. The third-order valence-electron chi connectivity index (χ3n) is 1.66. The van der Waals surface area contributed by atoms with E-state index in [4.69, 9.17) is 5.11 Å². The van der Waals surface area contributed by atoms with Gasteiger partial charge in [0.25, 0.3) is 0 Å². The van der Waals surface area contributed by atoms with Crippen LogP contribution in [0.15, 0.2) is 24.5 Å². The average Bonchev–Trinajstić information content (AvgIpc) is 2.65. The topological polar surface area (TPSA) is 80.9 Å². The van der Waals surface area contributed by atoms with E-state index in [1.807, 2.05) is 0 Å². The van der Waals surface area contributed by atoms with Crippen molar-refractivity contribution in [2.24, 2.45) is 0 Å². The standard InChI is InChI=1S/C8H5IN4O2/c9-5-3-10-13(4-5)7-2-1-6(8(14)15)11-12-7/h1-4H,(H,14,15). The van der Waals surface area contributed by atoms with Gasteiger partial charge in [0.1, 0.15) is 0 Å². The van der Waals surface area contributed by atoms with Crippen molar-refractivity contribution in [2.45, 2.75) is 0 Å². The summed E-state index contributed by atoms with van der Waals surface area (Å²) in [5.74, 6) is -0.605. The lowest BCUT2D eigenvalue weighted by Gasteiger charge is -1.98. The molecule has 0 aliphatic heterocycles. The summed E-state index contributed by atoms with van der Waals surface area (Å²) in [6.07, 6.45) is 3.44. The first-order valence-corrected chi connectivity index (χ1v) is 5.02. The molecule has 15 heavy (non-hydrogen) atoms. The molecule has 0 saturated carbocycles. The van der Waals surface area contributed by atoms with Crippen LogP contribution in [0.5, 0.6) is 0 Å². The fourth-order valence-electron chi connectivity index (χ4n) is 0.988. The van der Waals surface area contributed by atoms with E-state index in [0.717, 1.165) is 3.57 Å². The van der Waals surface area contributed by atoms with Gasteiger partial charge in [0.15, 0.2) is 11.5 Å². The van der Waals surface area contributed by atoms with Gasteiger partial charge in [0.2, 0.25) is 0 Å². The van der Waals surface area contributed by atoms with E-state index in [1.165, 1.54) is 10.7 Å². The molecule has 0 fully saturated rings. The number of aromatic carboxylic acids is 1. The van der Waals surface area contributed by atoms with E-state index in [0.29, 0.717) is 5.82 Å². The van der Waals surface area contributed by atoms with Crippen LogP contribution in [0.25, 0.3) is 5.82 Å². The smallest absolute Gasteiger partial charge is 0.356 e. The first kappa shape index (κ1) is 10.0. The molecule has 0 unspecified atom stereocenters. The van der Waals surface area contributed by atoms with Crippen molar-refractivity contribution in [3.05, 3.63) is 33.8 Å².